The van der Waals surface area contributed by atoms with Crippen molar-refractivity contribution in [2.24, 2.45) is 21.8 Å². The number of nitrogens with zero attached hydrogens (tertiary/aromatic N) is 4. The lowest BCUT2D eigenvalue weighted by atomic mass is 9.99. The molecule has 61 heavy (non-hydrogen) atoms. The van der Waals surface area contributed by atoms with Gasteiger partial charge in [0.15, 0.2) is 34.0 Å². The molecule has 4 aromatic carbocycles. The standard InChI is InChI=1S/C46H40F4N4O4S3/c1-5-9-11-21(7-3)19-53-31-17-33(51-35-39(55)23-13-27(47)28(48)14-24(23)40(35)56)59-43(31)45-37(53)38-46(61-45)44-32(54(38)20-22(8-4)12-10-6-2)18-34(60-44)52-36-41(57)25-15-29(49)30(50)16-26(25)42(36)58/h13-18,21-22H,5-12,19-20H2,1-4H3. The molecule has 0 aliphatic carbocycles. The van der Waals surface area contributed by atoms with Gasteiger partial charge >= 0.3 is 0 Å². The van der Waals surface area contributed by atoms with Crippen LogP contribution in [0.25, 0.3) is 62.4 Å². The molecule has 0 saturated carbocycles. The van der Waals surface area contributed by atoms with Gasteiger partial charge in [0.2, 0.25) is 21.7 Å². The highest BCUT2D eigenvalue weighted by Gasteiger charge is 2.28. The number of hydrogen-bond donors (Lipinski definition) is 0. The summed E-state index contributed by atoms with van der Waals surface area (Å²) in [6, 6.07) is 6.80. The van der Waals surface area contributed by atoms with Crippen molar-refractivity contribution >= 4 is 106 Å². The second-order valence-corrected chi connectivity index (χ2v) is 19.1. The highest BCUT2D eigenvalue weighted by molar-refractivity contribution is 7.35. The second kappa shape index (κ2) is 16.0. The molecule has 0 bridgehead atoms. The number of fused-ring (bicyclic) bond motifs is 9. The van der Waals surface area contributed by atoms with Crippen molar-refractivity contribution in [3.63, 3.8) is 0 Å². The Bertz CT molecular complexity index is 3210. The van der Waals surface area contributed by atoms with Gasteiger partial charge in [0.1, 0.15) is 10.0 Å². The van der Waals surface area contributed by atoms with E-state index >= 15 is 0 Å². The SMILES string of the molecule is CCCCC(CC)Cn1c2cc(N=c3c(=O)c4cc(F)c(F)cc4c3=O)sc2c2sc3c4sc(N=c5c(=O)c6cc(F)c(F)cc6c5=O)cc4n(CC(CC)CCCC)c3c21. The van der Waals surface area contributed by atoms with E-state index in [1.807, 2.05) is 12.1 Å². The van der Waals surface area contributed by atoms with Crippen LogP contribution in [0.5, 0.6) is 0 Å². The van der Waals surface area contributed by atoms with Crippen molar-refractivity contribution < 1.29 is 17.6 Å². The van der Waals surface area contributed by atoms with Crippen molar-refractivity contribution in [2.45, 2.75) is 92.2 Å². The lowest BCUT2D eigenvalue weighted by molar-refractivity contribution is 0.398. The van der Waals surface area contributed by atoms with Crippen molar-refractivity contribution in [2.75, 3.05) is 0 Å². The normalized spacial score (nSPS) is 13.4. The summed E-state index contributed by atoms with van der Waals surface area (Å²) in [6.07, 6.45) is 8.25. The Morgan fingerprint density at radius 3 is 1.16 bits per heavy atom. The number of benzene rings is 2. The highest BCUT2D eigenvalue weighted by atomic mass is 32.1. The van der Waals surface area contributed by atoms with Gasteiger partial charge in [-0.25, -0.2) is 27.5 Å². The minimum atomic E-state index is -1.21. The number of hydrogen-bond acceptors (Lipinski definition) is 9. The van der Waals surface area contributed by atoms with E-state index in [4.69, 9.17) is 0 Å². The molecule has 0 fully saturated rings. The maximum atomic E-state index is 14.1. The van der Waals surface area contributed by atoms with Gasteiger partial charge in [-0.15, -0.1) is 34.0 Å². The van der Waals surface area contributed by atoms with E-state index in [-0.39, 0.29) is 32.3 Å². The maximum absolute atomic E-state index is 14.1. The molecule has 8 nitrogen and oxygen atoms in total. The Morgan fingerprint density at radius 1 is 0.508 bits per heavy atom. The molecule has 15 heteroatoms. The zero-order valence-corrected chi connectivity index (χ0v) is 36.3. The van der Waals surface area contributed by atoms with Crippen LogP contribution in [-0.2, 0) is 13.1 Å². The van der Waals surface area contributed by atoms with E-state index in [0.717, 1.165) is 116 Å². The molecule has 0 radical (unpaired) electrons. The average molecular weight is 885 g/mol. The molecule has 5 heterocycles. The molecule has 314 valence electrons. The van der Waals surface area contributed by atoms with E-state index in [1.54, 1.807) is 11.3 Å². The molecule has 0 saturated heterocycles. The zero-order chi connectivity index (χ0) is 43.0. The summed E-state index contributed by atoms with van der Waals surface area (Å²) in [6.45, 7) is 10.2. The maximum Gasteiger partial charge on any atom is 0.216 e. The number of unbranched alkanes of at least 4 members (excludes halogenated alkanes) is 2. The number of halogens is 4. The van der Waals surface area contributed by atoms with Crippen LogP contribution in [-0.4, -0.2) is 9.13 Å². The fourth-order valence-electron chi connectivity index (χ4n) is 8.75. The predicted molar refractivity (Wildman–Crippen MR) is 241 cm³/mol. The predicted octanol–water partition coefficient (Wildman–Crippen LogP) is 11.0. The lowest BCUT2D eigenvalue weighted by Gasteiger charge is -2.19. The van der Waals surface area contributed by atoms with Crippen LogP contribution in [0.1, 0.15) is 79.1 Å². The van der Waals surface area contributed by atoms with Crippen molar-refractivity contribution in [3.05, 3.63) is 111 Å². The molecule has 2 atom stereocenters. The smallest absolute Gasteiger partial charge is 0.216 e. The number of rotatable bonds is 14. The van der Waals surface area contributed by atoms with Gasteiger partial charge in [0, 0.05) is 34.6 Å². The molecule has 5 aromatic heterocycles. The van der Waals surface area contributed by atoms with E-state index < -0.39 is 45.0 Å². The molecule has 9 rings (SSSR count). The van der Waals surface area contributed by atoms with Crippen LogP contribution in [0.3, 0.4) is 0 Å². The van der Waals surface area contributed by atoms with Crippen LogP contribution < -0.4 is 32.4 Å². The van der Waals surface area contributed by atoms with Gasteiger partial charge in [-0.1, -0.05) is 66.2 Å². The van der Waals surface area contributed by atoms with E-state index in [0.29, 0.717) is 34.9 Å². The Balaban J connectivity index is 1.30. The fourth-order valence-corrected chi connectivity index (χ4v) is 12.4. The van der Waals surface area contributed by atoms with Crippen molar-refractivity contribution in [1.82, 2.24) is 9.13 Å². The van der Waals surface area contributed by atoms with E-state index in [2.05, 4.69) is 46.8 Å². The fraction of sp³-hybridized carbons (Fsp3) is 0.348. The first-order valence-corrected chi connectivity index (χ1v) is 23.2. The quantitative estimate of drug-likeness (QED) is 0.101. The van der Waals surface area contributed by atoms with Gasteiger partial charge in [-0.05, 0) is 61.1 Å². The van der Waals surface area contributed by atoms with Crippen LogP contribution in [0.2, 0.25) is 0 Å². The molecular formula is C46H40F4N4O4S3. The molecule has 0 aliphatic rings. The average Bonchev–Trinajstić information content (AvgIpc) is 4.10. The Hall–Kier alpha value is -5.12. The zero-order valence-electron chi connectivity index (χ0n) is 33.8. The Morgan fingerprint density at radius 2 is 0.852 bits per heavy atom. The number of thiophene rings is 3. The Kier molecular flexibility index (Phi) is 10.8. The third-order valence-electron chi connectivity index (χ3n) is 12.2. The summed E-state index contributed by atoms with van der Waals surface area (Å²) >= 11 is 4.32. The summed E-state index contributed by atoms with van der Waals surface area (Å²) in [4.78, 5) is 62.4. The monoisotopic (exact) mass is 884 g/mol. The largest absolute Gasteiger partial charge is 0.337 e. The number of aromatic nitrogens is 2. The third-order valence-corrected chi connectivity index (χ3v) is 15.7. The van der Waals surface area contributed by atoms with Gasteiger partial charge in [0.25, 0.3) is 0 Å². The van der Waals surface area contributed by atoms with Crippen LogP contribution in [0.15, 0.2) is 65.6 Å². The first kappa shape index (κ1) is 41.2. The summed E-state index contributed by atoms with van der Waals surface area (Å²) in [5, 5.41) is -0.746. The van der Waals surface area contributed by atoms with Gasteiger partial charge in [-0.2, -0.15) is 0 Å². The molecule has 0 spiro atoms. The van der Waals surface area contributed by atoms with Crippen LogP contribution >= 0.6 is 34.0 Å². The molecule has 0 amide bonds. The molecule has 0 aliphatic heterocycles. The van der Waals surface area contributed by atoms with Crippen molar-refractivity contribution in [3.8, 4) is 0 Å². The van der Waals surface area contributed by atoms with E-state index in [9.17, 15) is 36.7 Å². The summed E-state index contributed by atoms with van der Waals surface area (Å²) < 4.78 is 65.1. The third kappa shape index (κ3) is 6.74. The lowest BCUT2D eigenvalue weighted by Crippen LogP contribution is -2.31. The van der Waals surface area contributed by atoms with Gasteiger partial charge < -0.3 is 9.13 Å². The molecule has 9 aromatic rings. The summed E-state index contributed by atoms with van der Waals surface area (Å²) in [7, 11) is 0. The summed E-state index contributed by atoms with van der Waals surface area (Å²) in [5.41, 5.74) is 0.997. The molecule has 2 unspecified atom stereocenters. The van der Waals surface area contributed by atoms with Gasteiger partial charge in [-0.3, -0.25) is 19.2 Å². The van der Waals surface area contributed by atoms with Crippen LogP contribution in [0.4, 0.5) is 27.6 Å². The topological polar surface area (TPSA) is 103 Å². The minimum absolute atomic E-state index is 0.207. The van der Waals surface area contributed by atoms with Crippen LogP contribution in [0, 0.1) is 35.1 Å². The minimum Gasteiger partial charge on any atom is -0.337 e. The highest BCUT2D eigenvalue weighted by Crippen LogP contribution is 2.51. The Labute approximate surface area is 356 Å². The van der Waals surface area contributed by atoms with Crippen molar-refractivity contribution in [1.29, 1.82) is 0 Å². The first-order chi connectivity index (χ1) is 29.4. The second-order valence-electron chi connectivity index (χ2n) is 16.0. The van der Waals surface area contributed by atoms with E-state index in [1.165, 1.54) is 22.7 Å². The first-order valence-electron chi connectivity index (χ1n) is 20.7. The summed E-state index contributed by atoms with van der Waals surface area (Å²) in [5.74, 6) is -4.14. The molecule has 0 N–H and O–H groups in total. The molecular weight excluding hydrogens is 845 g/mol. The van der Waals surface area contributed by atoms with Gasteiger partial charge in [0.05, 0.1) is 40.9 Å².